The minimum Gasteiger partial charge on any atom is -0.507 e. The summed E-state index contributed by atoms with van der Waals surface area (Å²) in [5.41, 5.74) is 7.46. The van der Waals surface area contributed by atoms with Crippen molar-refractivity contribution in [2.24, 2.45) is 4.99 Å². The molecule has 4 nitrogen and oxygen atoms in total. The molecule has 0 saturated heterocycles. The van der Waals surface area contributed by atoms with Gasteiger partial charge in [-0.1, -0.05) is 55.1 Å². The van der Waals surface area contributed by atoms with Gasteiger partial charge in [0.2, 0.25) is 0 Å². The Labute approximate surface area is 188 Å². The van der Waals surface area contributed by atoms with Crippen LogP contribution in [0.2, 0.25) is 0 Å². The second-order valence-electron chi connectivity index (χ2n) is 8.25. The second kappa shape index (κ2) is 7.86. The number of fused-ring (bicyclic) bond motifs is 1. The summed E-state index contributed by atoms with van der Waals surface area (Å²) < 4.78 is 0. The number of hydrogen-bond donors (Lipinski definition) is 1. The number of nitriles is 1. The van der Waals surface area contributed by atoms with Crippen molar-refractivity contribution >= 4 is 11.4 Å². The summed E-state index contributed by atoms with van der Waals surface area (Å²) in [6.07, 6.45) is 1.76. The number of amidine groups is 1. The normalized spacial score (nSPS) is 16.1. The molecule has 3 aromatic carbocycles. The van der Waals surface area contributed by atoms with Crippen LogP contribution in [-0.2, 0) is 12.8 Å². The van der Waals surface area contributed by atoms with E-state index in [-0.39, 0.29) is 11.8 Å². The quantitative estimate of drug-likeness (QED) is 0.617. The lowest BCUT2D eigenvalue weighted by Crippen LogP contribution is -2.42. The van der Waals surface area contributed by atoms with Crippen LogP contribution in [0.1, 0.15) is 34.7 Å². The number of allylic oxidation sites excluding steroid dienone is 2. The first kappa shape index (κ1) is 19.8. The molecule has 5 rings (SSSR count). The molecule has 0 aromatic heterocycles. The summed E-state index contributed by atoms with van der Waals surface area (Å²) in [6, 6.07) is 25.7. The van der Waals surface area contributed by atoms with Crippen LogP contribution in [0.5, 0.6) is 5.75 Å². The zero-order valence-electron chi connectivity index (χ0n) is 17.9. The van der Waals surface area contributed by atoms with Crippen LogP contribution in [0.3, 0.4) is 0 Å². The number of para-hydroxylation sites is 1. The molecule has 32 heavy (non-hydrogen) atoms. The number of phenolic OH excluding ortho intramolecular Hbond substituents is 1. The predicted octanol–water partition coefficient (Wildman–Crippen LogP) is 5.44. The van der Waals surface area contributed by atoms with Crippen molar-refractivity contribution in [2.75, 3.05) is 0 Å². The van der Waals surface area contributed by atoms with E-state index < -0.39 is 0 Å². The van der Waals surface area contributed by atoms with Crippen molar-refractivity contribution < 1.29 is 5.11 Å². The van der Waals surface area contributed by atoms with Gasteiger partial charge in [0.25, 0.3) is 0 Å². The highest BCUT2D eigenvalue weighted by Crippen LogP contribution is 2.39. The van der Waals surface area contributed by atoms with Gasteiger partial charge in [0, 0.05) is 23.0 Å². The fourth-order valence-corrected chi connectivity index (χ4v) is 4.81. The molecule has 0 bridgehead atoms. The summed E-state index contributed by atoms with van der Waals surface area (Å²) >= 11 is 0. The summed E-state index contributed by atoms with van der Waals surface area (Å²) in [6.45, 7) is 6.45. The number of phenols is 1. The van der Waals surface area contributed by atoms with Crippen LogP contribution in [0.4, 0.5) is 0 Å². The Morgan fingerprint density at radius 2 is 1.69 bits per heavy atom. The second-order valence-corrected chi connectivity index (χ2v) is 8.25. The molecular weight excluding hydrogens is 394 g/mol. The van der Waals surface area contributed by atoms with Gasteiger partial charge in [-0.05, 0) is 60.7 Å². The van der Waals surface area contributed by atoms with Crippen LogP contribution in [0, 0.1) is 11.3 Å². The molecule has 3 aromatic rings. The molecule has 0 spiro atoms. The Bertz CT molecular complexity index is 1320. The Balaban J connectivity index is 1.66. The van der Waals surface area contributed by atoms with Gasteiger partial charge in [-0.3, -0.25) is 0 Å². The van der Waals surface area contributed by atoms with E-state index in [1.165, 1.54) is 11.1 Å². The van der Waals surface area contributed by atoms with E-state index >= 15 is 0 Å². The highest BCUT2D eigenvalue weighted by molar-refractivity contribution is 6.07. The number of rotatable bonds is 3. The van der Waals surface area contributed by atoms with E-state index in [4.69, 9.17) is 4.99 Å². The van der Waals surface area contributed by atoms with Gasteiger partial charge in [-0.25, -0.2) is 4.99 Å². The third-order valence-corrected chi connectivity index (χ3v) is 6.26. The third-order valence-electron chi connectivity index (χ3n) is 6.26. The maximum atomic E-state index is 10.6. The molecule has 0 fully saturated rings. The van der Waals surface area contributed by atoms with Gasteiger partial charge >= 0.3 is 0 Å². The smallest absolute Gasteiger partial charge is 0.144 e. The molecule has 0 unspecified atom stereocenters. The molecule has 2 aliphatic rings. The average molecular weight is 418 g/mol. The van der Waals surface area contributed by atoms with E-state index in [0.717, 1.165) is 35.4 Å². The Morgan fingerprint density at radius 3 is 2.38 bits per heavy atom. The van der Waals surface area contributed by atoms with Crippen LogP contribution in [0.25, 0.3) is 5.57 Å². The van der Waals surface area contributed by atoms with Gasteiger partial charge in [0.15, 0.2) is 0 Å². The SMILES string of the molecule is C=C1C(c2cccc(C#N)c2)=C(C)N=C(c2ccccc2O)N1C1Cc2ccccc2C1. The third kappa shape index (κ3) is 3.29. The monoisotopic (exact) mass is 417 g/mol. The molecule has 1 N–H and O–H groups in total. The molecule has 1 heterocycles. The zero-order valence-corrected chi connectivity index (χ0v) is 17.9. The van der Waals surface area contributed by atoms with Gasteiger partial charge in [-0.15, -0.1) is 0 Å². The molecule has 156 valence electrons. The van der Waals surface area contributed by atoms with Crippen LogP contribution < -0.4 is 0 Å². The van der Waals surface area contributed by atoms with E-state index in [9.17, 15) is 10.4 Å². The number of aliphatic imine (C=N–C) groups is 1. The standard InChI is InChI=1S/C28H23N3O/c1-18-27(23-11-7-8-20(14-23)17-29)19(2)31(24-15-21-9-3-4-10-22(21)16-24)28(30-18)25-12-5-6-13-26(25)32/h3-14,24,32H,2,15-16H2,1H3. The first-order valence-electron chi connectivity index (χ1n) is 10.7. The van der Waals surface area contributed by atoms with E-state index in [1.54, 1.807) is 12.1 Å². The lowest BCUT2D eigenvalue weighted by molar-refractivity contribution is 0.393. The fraction of sp³-hybridized carbons (Fsp3) is 0.143. The maximum Gasteiger partial charge on any atom is 0.144 e. The van der Waals surface area contributed by atoms with Crippen LogP contribution >= 0.6 is 0 Å². The number of aromatic hydroxyl groups is 1. The number of nitrogens with zero attached hydrogens (tertiary/aromatic N) is 3. The van der Waals surface area contributed by atoms with Gasteiger partial charge in [0.1, 0.15) is 11.6 Å². The molecule has 1 aliphatic carbocycles. The van der Waals surface area contributed by atoms with Crippen molar-refractivity contribution in [3.63, 3.8) is 0 Å². The molecule has 0 radical (unpaired) electrons. The first-order chi connectivity index (χ1) is 15.6. The molecule has 0 amide bonds. The molecule has 0 atom stereocenters. The highest BCUT2D eigenvalue weighted by Gasteiger charge is 2.35. The fourth-order valence-electron chi connectivity index (χ4n) is 4.81. The topological polar surface area (TPSA) is 59.6 Å². The van der Waals surface area contributed by atoms with Crippen LogP contribution in [0.15, 0.2) is 95.8 Å². The summed E-state index contributed by atoms with van der Waals surface area (Å²) in [5.74, 6) is 0.908. The molecule has 1 aliphatic heterocycles. The summed E-state index contributed by atoms with van der Waals surface area (Å²) in [7, 11) is 0. The minimum atomic E-state index is 0.139. The lowest BCUT2D eigenvalue weighted by atomic mass is 9.95. The Kier molecular flexibility index (Phi) is 4.88. The van der Waals surface area contributed by atoms with E-state index in [0.29, 0.717) is 17.0 Å². The van der Waals surface area contributed by atoms with Gasteiger partial charge in [-0.2, -0.15) is 5.26 Å². The average Bonchev–Trinajstić information content (AvgIpc) is 3.23. The largest absolute Gasteiger partial charge is 0.507 e. The maximum absolute atomic E-state index is 10.6. The number of hydrogen-bond acceptors (Lipinski definition) is 4. The lowest BCUT2D eigenvalue weighted by Gasteiger charge is -2.38. The first-order valence-corrected chi connectivity index (χ1v) is 10.7. The van der Waals surface area contributed by atoms with Gasteiger partial charge in [0.05, 0.1) is 17.2 Å². The van der Waals surface area contributed by atoms with Crippen molar-refractivity contribution in [2.45, 2.75) is 25.8 Å². The molecular formula is C28H23N3O. The van der Waals surface area contributed by atoms with E-state index in [1.807, 2.05) is 43.3 Å². The Morgan fingerprint density at radius 1 is 1.00 bits per heavy atom. The minimum absolute atomic E-state index is 0.139. The Hall–Kier alpha value is -4.10. The van der Waals surface area contributed by atoms with Crippen molar-refractivity contribution in [1.82, 2.24) is 4.90 Å². The zero-order chi connectivity index (χ0) is 22.2. The van der Waals surface area contributed by atoms with E-state index in [2.05, 4.69) is 41.8 Å². The molecule has 4 heteroatoms. The van der Waals surface area contributed by atoms with Crippen molar-refractivity contribution in [3.05, 3.63) is 119 Å². The van der Waals surface area contributed by atoms with Crippen molar-refractivity contribution in [3.8, 4) is 11.8 Å². The van der Waals surface area contributed by atoms with Crippen molar-refractivity contribution in [1.29, 1.82) is 5.26 Å². The highest BCUT2D eigenvalue weighted by atomic mass is 16.3. The molecule has 0 saturated carbocycles. The summed E-state index contributed by atoms with van der Waals surface area (Å²) in [4.78, 5) is 7.16. The van der Waals surface area contributed by atoms with Crippen LogP contribution in [-0.4, -0.2) is 21.9 Å². The number of benzene rings is 3. The summed E-state index contributed by atoms with van der Waals surface area (Å²) in [5, 5.41) is 20.0. The predicted molar refractivity (Wildman–Crippen MR) is 127 cm³/mol. The van der Waals surface area contributed by atoms with Gasteiger partial charge < -0.3 is 10.0 Å².